The fourth-order valence-electron chi connectivity index (χ4n) is 2.23. The maximum absolute atomic E-state index is 4.57. The molecule has 0 atom stereocenters. The van der Waals surface area contributed by atoms with Crippen molar-refractivity contribution in [2.45, 2.75) is 6.54 Å². The van der Waals surface area contributed by atoms with Crippen LogP contribution in [0.1, 0.15) is 0 Å². The van der Waals surface area contributed by atoms with Crippen molar-refractivity contribution in [2.24, 2.45) is 4.99 Å². The summed E-state index contributed by atoms with van der Waals surface area (Å²) in [6.07, 6.45) is 3.51. The van der Waals surface area contributed by atoms with Gasteiger partial charge in [-0.3, -0.25) is 4.98 Å². The van der Waals surface area contributed by atoms with Gasteiger partial charge in [-0.2, -0.15) is 9.98 Å². The van der Waals surface area contributed by atoms with Crippen LogP contribution in [0.25, 0.3) is 11.4 Å². The van der Waals surface area contributed by atoms with Crippen molar-refractivity contribution < 1.29 is 0 Å². The molecule has 1 N–H and O–H groups in total. The van der Waals surface area contributed by atoms with Crippen LogP contribution >= 0.6 is 27.3 Å². The number of thiazole rings is 1. The van der Waals surface area contributed by atoms with Gasteiger partial charge in [0.15, 0.2) is 0 Å². The largest absolute Gasteiger partial charge is 0.369 e. The van der Waals surface area contributed by atoms with Crippen LogP contribution < -0.4 is 10.9 Å². The molecule has 20 heavy (non-hydrogen) atoms. The minimum Gasteiger partial charge on any atom is -0.369 e. The fraction of sp³-hybridized carbons (Fsp3) is 0.167. The van der Waals surface area contributed by atoms with Crippen LogP contribution in [0.4, 0.5) is 10.8 Å². The average Bonchev–Trinajstić information content (AvgIpc) is 3.10. The molecular weight excluding hydrogens is 340 g/mol. The van der Waals surface area contributed by atoms with Crippen molar-refractivity contribution in [1.29, 1.82) is 0 Å². The number of hydrogen-bond donors (Lipinski definition) is 1. The van der Waals surface area contributed by atoms with Crippen LogP contribution in [0.15, 0.2) is 33.4 Å². The first-order valence-electron chi connectivity index (χ1n) is 6.04. The summed E-state index contributed by atoms with van der Waals surface area (Å²) in [4.78, 5) is 17.2. The highest BCUT2D eigenvalue weighted by Crippen LogP contribution is 2.33. The van der Waals surface area contributed by atoms with Gasteiger partial charge in [0.05, 0.1) is 16.2 Å². The highest BCUT2D eigenvalue weighted by molar-refractivity contribution is 9.10. The molecule has 100 valence electrons. The first-order chi connectivity index (χ1) is 9.81. The molecule has 0 aromatic carbocycles. The third kappa shape index (κ3) is 1.92. The van der Waals surface area contributed by atoms with Crippen LogP contribution in [-0.4, -0.2) is 26.1 Å². The lowest BCUT2D eigenvalue weighted by Gasteiger charge is -2.13. The maximum Gasteiger partial charge on any atom is 0.252 e. The molecule has 4 rings (SSSR count). The Labute approximate surface area is 126 Å². The molecule has 4 heterocycles. The Morgan fingerprint density at radius 3 is 3.20 bits per heavy atom. The second-order valence-electron chi connectivity index (χ2n) is 4.32. The second-order valence-corrected chi connectivity index (χ2v) is 6.04. The predicted molar refractivity (Wildman–Crippen MR) is 80.2 cm³/mol. The smallest absolute Gasteiger partial charge is 0.252 e. The van der Waals surface area contributed by atoms with Crippen molar-refractivity contribution in [3.8, 4) is 11.4 Å². The van der Waals surface area contributed by atoms with Crippen molar-refractivity contribution in [3.63, 3.8) is 0 Å². The Balaban J connectivity index is 1.96. The number of pyridine rings is 1. The molecule has 0 amide bonds. The quantitative estimate of drug-likeness (QED) is 0.732. The Kier molecular flexibility index (Phi) is 2.78. The van der Waals surface area contributed by atoms with E-state index in [2.05, 4.69) is 45.8 Å². The Morgan fingerprint density at radius 2 is 2.35 bits per heavy atom. The minimum atomic E-state index is 0.464. The molecule has 3 aliphatic rings. The number of rotatable bonds is 1. The lowest BCUT2D eigenvalue weighted by molar-refractivity contribution is 0.778. The lowest BCUT2D eigenvalue weighted by atomic mass is 10.2. The summed E-state index contributed by atoms with van der Waals surface area (Å²) in [5, 5.41) is 4.15. The van der Waals surface area contributed by atoms with Gasteiger partial charge < -0.3 is 9.88 Å². The van der Waals surface area contributed by atoms with Gasteiger partial charge >= 0.3 is 0 Å². The monoisotopic (exact) mass is 348 g/mol. The van der Waals surface area contributed by atoms with Gasteiger partial charge in [0.2, 0.25) is 0 Å². The van der Waals surface area contributed by atoms with Crippen LogP contribution in [0.2, 0.25) is 0 Å². The Hall–Kier alpha value is -1.80. The van der Waals surface area contributed by atoms with Crippen LogP contribution in [0.3, 0.4) is 0 Å². The van der Waals surface area contributed by atoms with Gasteiger partial charge in [-0.15, -0.1) is 11.3 Å². The van der Waals surface area contributed by atoms with E-state index >= 15 is 0 Å². The maximum atomic E-state index is 4.57. The van der Waals surface area contributed by atoms with Crippen molar-refractivity contribution in [1.82, 2.24) is 19.5 Å². The zero-order valence-electron chi connectivity index (χ0n) is 10.2. The Morgan fingerprint density at radius 1 is 1.40 bits per heavy atom. The fourth-order valence-corrected chi connectivity index (χ4v) is 3.32. The van der Waals surface area contributed by atoms with E-state index in [1.165, 1.54) is 11.3 Å². The average molecular weight is 349 g/mol. The number of fused-ring (bicyclic) bond motifs is 3. The van der Waals surface area contributed by atoms with E-state index in [0.29, 0.717) is 5.62 Å². The van der Waals surface area contributed by atoms with Crippen LogP contribution in [-0.2, 0) is 6.54 Å². The number of hydrogen-bond acceptors (Lipinski definition) is 6. The number of halogens is 1. The molecule has 0 saturated carbocycles. The summed E-state index contributed by atoms with van der Waals surface area (Å²) < 4.78 is 3.17. The van der Waals surface area contributed by atoms with Crippen LogP contribution in [0, 0.1) is 0 Å². The standard InChI is InChI=1S/C12H9BrN6S/c13-8-3-7-4-16-12(17-9-5-14-6-20-9)18-10(7)19-2-1-15-11(8)19/h3-6,15H,1-2H2. The number of aromatic nitrogens is 4. The van der Waals surface area contributed by atoms with Gasteiger partial charge in [0, 0.05) is 24.8 Å². The number of nitrogens with zero attached hydrogens (tertiary/aromatic N) is 5. The van der Waals surface area contributed by atoms with Gasteiger partial charge in [-0.25, -0.2) is 4.98 Å². The van der Waals surface area contributed by atoms with E-state index in [4.69, 9.17) is 0 Å². The van der Waals surface area contributed by atoms with E-state index < -0.39 is 0 Å². The Bertz CT molecular complexity index is 809. The van der Waals surface area contributed by atoms with E-state index in [0.717, 1.165) is 39.8 Å². The third-order valence-electron chi connectivity index (χ3n) is 3.07. The van der Waals surface area contributed by atoms with E-state index in [1.807, 2.05) is 6.07 Å². The van der Waals surface area contributed by atoms with Gasteiger partial charge in [0.1, 0.15) is 16.6 Å². The minimum absolute atomic E-state index is 0.464. The topological polar surface area (TPSA) is 68.0 Å². The van der Waals surface area contributed by atoms with Crippen molar-refractivity contribution in [3.05, 3.63) is 34.1 Å². The molecule has 0 spiro atoms. The SMILES string of the molecule is Brc1cc2cnc(=Nc3cncs3)nc-2n2c1NCC2. The molecule has 0 radical (unpaired) electrons. The summed E-state index contributed by atoms with van der Waals surface area (Å²) in [7, 11) is 0. The third-order valence-corrected chi connectivity index (χ3v) is 4.34. The highest BCUT2D eigenvalue weighted by Gasteiger charge is 2.19. The molecule has 0 fully saturated rings. The zero-order valence-corrected chi connectivity index (χ0v) is 12.6. The zero-order chi connectivity index (χ0) is 13.5. The van der Waals surface area contributed by atoms with Gasteiger partial charge in [-0.1, -0.05) is 0 Å². The highest BCUT2D eigenvalue weighted by atomic mass is 79.9. The number of nitrogens with one attached hydrogen (secondary N) is 1. The van der Waals surface area contributed by atoms with Crippen LogP contribution in [0.5, 0.6) is 0 Å². The van der Waals surface area contributed by atoms with E-state index in [-0.39, 0.29) is 0 Å². The first kappa shape index (κ1) is 12.0. The summed E-state index contributed by atoms with van der Waals surface area (Å²) in [6, 6.07) is 2.02. The molecule has 1 aromatic rings. The molecule has 0 bridgehead atoms. The van der Waals surface area contributed by atoms with Crippen molar-refractivity contribution in [2.75, 3.05) is 11.9 Å². The van der Waals surface area contributed by atoms with Crippen molar-refractivity contribution >= 4 is 38.1 Å². The van der Waals surface area contributed by atoms with Gasteiger partial charge in [0.25, 0.3) is 5.62 Å². The molecule has 1 aromatic heterocycles. The molecule has 8 heteroatoms. The second kappa shape index (κ2) is 4.64. The normalized spacial score (nSPS) is 14.6. The van der Waals surface area contributed by atoms with Gasteiger partial charge in [-0.05, 0) is 22.0 Å². The molecular formula is C12H9BrN6S. The molecule has 3 aliphatic heterocycles. The molecule has 6 nitrogen and oxygen atoms in total. The molecule has 0 aliphatic carbocycles. The molecule has 0 unspecified atom stereocenters. The lowest BCUT2D eigenvalue weighted by Crippen LogP contribution is -2.17. The summed E-state index contributed by atoms with van der Waals surface area (Å²) in [5.41, 5.74) is 3.20. The van der Waals surface area contributed by atoms with E-state index in [9.17, 15) is 0 Å². The predicted octanol–water partition coefficient (Wildman–Crippen LogP) is 2.26. The van der Waals surface area contributed by atoms with E-state index in [1.54, 1.807) is 17.9 Å². The summed E-state index contributed by atoms with van der Waals surface area (Å²) in [5.74, 6) is 1.95. The summed E-state index contributed by atoms with van der Waals surface area (Å²) >= 11 is 5.03. The summed E-state index contributed by atoms with van der Waals surface area (Å²) in [6.45, 7) is 1.80. The molecule has 0 saturated heterocycles. The first-order valence-corrected chi connectivity index (χ1v) is 7.72. The number of anilines is 1.